The molecule has 6 heteroatoms. The molecule has 1 atom stereocenters. The van der Waals surface area contributed by atoms with Crippen LogP contribution in [0.2, 0.25) is 0 Å². The fraction of sp³-hybridized carbons (Fsp3) is 0.733. The lowest BCUT2D eigenvalue weighted by molar-refractivity contribution is -0.130. The fourth-order valence-electron chi connectivity index (χ4n) is 2.29. The third-order valence-corrected chi connectivity index (χ3v) is 3.18. The number of hydrogen-bond donors (Lipinski definition) is 1. The molecule has 0 aromatic rings. The van der Waals surface area contributed by atoms with Crippen LogP contribution in [0.15, 0.2) is 11.8 Å². The van der Waals surface area contributed by atoms with Crippen LogP contribution in [0.4, 0.5) is 4.79 Å². The highest BCUT2D eigenvalue weighted by molar-refractivity contribution is 5.87. The van der Waals surface area contributed by atoms with E-state index in [2.05, 4.69) is 5.32 Å². The Morgan fingerprint density at radius 1 is 1.48 bits per heavy atom. The van der Waals surface area contributed by atoms with Gasteiger partial charge in [-0.05, 0) is 41.5 Å². The summed E-state index contributed by atoms with van der Waals surface area (Å²) in [6.07, 6.45) is 1.22. The molecule has 0 aromatic carbocycles. The van der Waals surface area contributed by atoms with Gasteiger partial charge in [0.15, 0.2) is 0 Å². The van der Waals surface area contributed by atoms with Crippen molar-refractivity contribution in [3.63, 3.8) is 0 Å². The normalized spacial score (nSPS) is 24.7. The van der Waals surface area contributed by atoms with Gasteiger partial charge in [0.1, 0.15) is 17.2 Å². The number of ether oxygens (including phenoxy) is 2. The number of hydrogen-bond acceptors (Lipinski definition) is 4. The summed E-state index contributed by atoms with van der Waals surface area (Å²) in [4.78, 5) is 25.8. The maximum absolute atomic E-state index is 12.4. The Balaban J connectivity index is 2.87. The lowest BCUT2D eigenvalue weighted by Crippen LogP contribution is -2.49. The van der Waals surface area contributed by atoms with Crippen LogP contribution in [-0.2, 0) is 14.3 Å². The minimum Gasteiger partial charge on any atom is -0.444 e. The number of amides is 2. The summed E-state index contributed by atoms with van der Waals surface area (Å²) in [5, 5.41) is 2.57. The first-order valence-electron chi connectivity index (χ1n) is 7.06. The predicted molar refractivity (Wildman–Crippen MR) is 79.7 cm³/mol. The number of carbonyl (C=O) groups is 2. The van der Waals surface area contributed by atoms with E-state index in [1.54, 1.807) is 27.8 Å². The maximum atomic E-state index is 12.4. The van der Waals surface area contributed by atoms with E-state index in [1.807, 2.05) is 26.8 Å². The van der Waals surface area contributed by atoms with Crippen molar-refractivity contribution in [1.29, 1.82) is 0 Å². The van der Waals surface area contributed by atoms with Gasteiger partial charge in [0.25, 0.3) is 5.91 Å². The first-order chi connectivity index (χ1) is 9.48. The summed E-state index contributed by atoms with van der Waals surface area (Å²) in [6.45, 7) is 11.0. The highest BCUT2D eigenvalue weighted by atomic mass is 16.6. The summed E-state index contributed by atoms with van der Waals surface area (Å²) in [5.41, 5.74) is -0.442. The second-order valence-electron chi connectivity index (χ2n) is 6.59. The van der Waals surface area contributed by atoms with Gasteiger partial charge in [-0.3, -0.25) is 4.79 Å². The van der Waals surface area contributed by atoms with E-state index in [4.69, 9.17) is 9.47 Å². The van der Waals surface area contributed by atoms with Crippen molar-refractivity contribution in [2.45, 2.75) is 58.8 Å². The Morgan fingerprint density at radius 2 is 2.05 bits per heavy atom. The second-order valence-corrected chi connectivity index (χ2v) is 6.59. The molecule has 1 aliphatic heterocycles. The Bertz CT molecular complexity index is 449. The molecule has 6 nitrogen and oxygen atoms in total. The molecule has 0 aliphatic carbocycles. The van der Waals surface area contributed by atoms with Crippen molar-refractivity contribution in [2.24, 2.45) is 0 Å². The van der Waals surface area contributed by atoms with Crippen LogP contribution < -0.4 is 5.32 Å². The molecule has 0 bridgehead atoms. The second kappa shape index (κ2) is 6.05. The Hall–Kier alpha value is -1.56. The summed E-state index contributed by atoms with van der Waals surface area (Å²) >= 11 is 0. The van der Waals surface area contributed by atoms with Crippen molar-refractivity contribution in [1.82, 2.24) is 10.2 Å². The van der Waals surface area contributed by atoms with E-state index >= 15 is 0 Å². The number of rotatable bonds is 1. The minimum absolute atomic E-state index is 0.104. The average molecular weight is 298 g/mol. The monoisotopic (exact) mass is 298 g/mol. The summed E-state index contributed by atoms with van der Waals surface area (Å²) < 4.78 is 11.0. The molecular formula is C15H26N2O4. The van der Waals surface area contributed by atoms with Crippen LogP contribution >= 0.6 is 0 Å². The maximum Gasteiger partial charge on any atom is 0.408 e. The topological polar surface area (TPSA) is 67.9 Å². The largest absolute Gasteiger partial charge is 0.444 e. The lowest BCUT2D eigenvalue weighted by Gasteiger charge is -2.30. The molecule has 1 saturated heterocycles. The smallest absolute Gasteiger partial charge is 0.408 e. The van der Waals surface area contributed by atoms with Gasteiger partial charge in [-0.1, -0.05) is 6.08 Å². The lowest BCUT2D eigenvalue weighted by atomic mass is 10.0. The van der Waals surface area contributed by atoms with Gasteiger partial charge in [0, 0.05) is 12.7 Å². The average Bonchev–Trinajstić information content (AvgIpc) is 2.37. The molecule has 0 saturated carbocycles. The van der Waals surface area contributed by atoms with Crippen LogP contribution in [0.25, 0.3) is 0 Å². The number of carbonyl (C=O) groups excluding carboxylic acids is 2. The molecule has 0 spiro atoms. The Kier molecular flexibility index (Phi) is 5.04. The predicted octanol–water partition coefficient (Wildman–Crippen LogP) is 2.05. The summed E-state index contributed by atoms with van der Waals surface area (Å²) in [5.74, 6) is -0.223. The van der Waals surface area contributed by atoms with Gasteiger partial charge in [-0.2, -0.15) is 0 Å². The molecule has 0 aromatic heterocycles. The van der Waals surface area contributed by atoms with E-state index in [1.165, 1.54) is 4.90 Å². The molecule has 1 aliphatic rings. The van der Waals surface area contributed by atoms with Gasteiger partial charge >= 0.3 is 6.09 Å². The molecule has 1 fully saturated rings. The van der Waals surface area contributed by atoms with Gasteiger partial charge in [-0.15, -0.1) is 0 Å². The molecule has 0 unspecified atom stereocenters. The number of nitrogens with one attached hydrogen (secondary N) is 1. The molecule has 1 rings (SSSR count). The highest BCUT2D eigenvalue weighted by Gasteiger charge is 2.38. The third kappa shape index (κ3) is 4.46. The van der Waals surface area contributed by atoms with Crippen molar-refractivity contribution < 1.29 is 19.1 Å². The van der Waals surface area contributed by atoms with Gasteiger partial charge < -0.3 is 19.7 Å². The van der Waals surface area contributed by atoms with E-state index in [-0.39, 0.29) is 12.5 Å². The molecule has 1 heterocycles. The van der Waals surface area contributed by atoms with Crippen molar-refractivity contribution in [2.75, 3.05) is 13.7 Å². The van der Waals surface area contributed by atoms with E-state index in [0.29, 0.717) is 0 Å². The Morgan fingerprint density at radius 3 is 2.52 bits per heavy atom. The van der Waals surface area contributed by atoms with Crippen LogP contribution in [0.3, 0.4) is 0 Å². The third-order valence-electron chi connectivity index (χ3n) is 3.18. The Labute approximate surface area is 126 Å². The summed E-state index contributed by atoms with van der Waals surface area (Å²) in [6, 6.07) is -0.762. The first-order valence-corrected chi connectivity index (χ1v) is 7.06. The SMILES string of the molecule is C/C=C1/N(C)C(=O)[C@@H](NC(=O)OC(C)(C)C)COC1(C)C. The van der Waals surface area contributed by atoms with Crippen molar-refractivity contribution in [3.05, 3.63) is 11.8 Å². The van der Waals surface area contributed by atoms with Crippen LogP contribution in [0, 0.1) is 0 Å². The zero-order chi connectivity index (χ0) is 16.4. The van der Waals surface area contributed by atoms with E-state index < -0.39 is 23.3 Å². The van der Waals surface area contributed by atoms with Crippen LogP contribution in [0.1, 0.15) is 41.5 Å². The molecular weight excluding hydrogens is 272 g/mol. The number of allylic oxidation sites excluding steroid dienone is 1. The highest BCUT2D eigenvalue weighted by Crippen LogP contribution is 2.27. The van der Waals surface area contributed by atoms with E-state index in [9.17, 15) is 9.59 Å². The standard InChI is InChI=1S/C15H26N2O4/c1-8-11-15(5,6)20-9-10(12(18)17(11)7)16-13(19)21-14(2,3)4/h8,10H,9H2,1-7H3,(H,16,19)/b11-8+/t10-/m0/s1. The number of alkyl carbamates (subject to hydrolysis) is 1. The van der Waals surface area contributed by atoms with Crippen molar-refractivity contribution >= 4 is 12.0 Å². The first kappa shape index (κ1) is 17.5. The molecule has 120 valence electrons. The molecule has 21 heavy (non-hydrogen) atoms. The zero-order valence-electron chi connectivity index (χ0n) is 13.9. The zero-order valence-corrected chi connectivity index (χ0v) is 13.9. The quantitative estimate of drug-likeness (QED) is 0.804. The minimum atomic E-state index is -0.762. The van der Waals surface area contributed by atoms with Crippen LogP contribution in [-0.4, -0.2) is 47.8 Å². The van der Waals surface area contributed by atoms with Gasteiger partial charge in [-0.25, -0.2) is 4.79 Å². The number of likely N-dealkylation sites (N-methyl/N-ethyl adjacent to an activating group) is 1. The van der Waals surface area contributed by atoms with Gasteiger partial charge in [0.2, 0.25) is 0 Å². The molecule has 1 N–H and O–H groups in total. The van der Waals surface area contributed by atoms with Crippen molar-refractivity contribution in [3.8, 4) is 0 Å². The van der Waals surface area contributed by atoms with Crippen LogP contribution in [0.5, 0.6) is 0 Å². The fourth-order valence-corrected chi connectivity index (χ4v) is 2.29. The summed E-state index contributed by atoms with van der Waals surface area (Å²) in [7, 11) is 1.68. The van der Waals surface area contributed by atoms with E-state index in [0.717, 1.165) is 5.70 Å². The molecule has 0 radical (unpaired) electrons. The molecule has 2 amide bonds. The van der Waals surface area contributed by atoms with Gasteiger partial charge in [0.05, 0.1) is 6.61 Å². The number of nitrogens with zero attached hydrogens (tertiary/aromatic N) is 1.